The van der Waals surface area contributed by atoms with Crippen LogP contribution in [0.4, 0.5) is 0 Å². The van der Waals surface area contributed by atoms with Crippen molar-refractivity contribution in [1.82, 2.24) is 15.0 Å². The normalized spacial score (nSPS) is 14.1. The highest BCUT2D eigenvalue weighted by atomic mass is 15.0. The lowest BCUT2D eigenvalue weighted by molar-refractivity contribution is 0.353. The average Bonchev–Trinajstić information content (AvgIpc) is 3.52. The molecule has 10 rings (SSSR count). The summed E-state index contributed by atoms with van der Waals surface area (Å²) < 4.78 is 0. The van der Waals surface area contributed by atoms with Gasteiger partial charge in [-0.25, -0.2) is 15.0 Å². The minimum absolute atomic E-state index is 0.186. The lowest BCUT2D eigenvalue weighted by Crippen LogP contribution is -2.27. The van der Waals surface area contributed by atoms with E-state index in [1.54, 1.807) is 0 Å². The number of aromatic nitrogens is 3. The molecular formula is C51H39N3. The highest BCUT2D eigenvalue weighted by Crippen LogP contribution is 2.56. The lowest BCUT2D eigenvalue weighted by atomic mass is 9.68. The summed E-state index contributed by atoms with van der Waals surface area (Å²) >= 11 is 0. The number of fused-ring (bicyclic) bond motifs is 5. The monoisotopic (exact) mass is 693 g/mol. The Morgan fingerprint density at radius 2 is 0.722 bits per heavy atom. The molecule has 1 heterocycles. The molecule has 0 aliphatic heterocycles. The molecule has 1 saturated carbocycles. The van der Waals surface area contributed by atoms with Crippen molar-refractivity contribution in [3.8, 4) is 78.7 Å². The molecule has 0 unspecified atom stereocenters. The highest BCUT2D eigenvalue weighted by Gasteiger charge is 2.43. The van der Waals surface area contributed by atoms with Gasteiger partial charge >= 0.3 is 0 Å². The molecule has 3 nitrogen and oxygen atoms in total. The van der Waals surface area contributed by atoms with Gasteiger partial charge in [-0.3, -0.25) is 0 Å². The largest absolute Gasteiger partial charge is 0.208 e. The first-order chi connectivity index (χ1) is 26.7. The second kappa shape index (κ2) is 13.5. The zero-order valence-electron chi connectivity index (χ0n) is 30.1. The fourth-order valence-electron chi connectivity index (χ4n) is 8.82. The van der Waals surface area contributed by atoms with Crippen molar-refractivity contribution in [3.63, 3.8) is 0 Å². The fourth-order valence-corrected chi connectivity index (χ4v) is 8.82. The summed E-state index contributed by atoms with van der Waals surface area (Å²) in [5, 5.41) is 0. The van der Waals surface area contributed by atoms with Crippen LogP contribution in [0.3, 0.4) is 0 Å². The van der Waals surface area contributed by atoms with Crippen LogP contribution in [0.2, 0.25) is 0 Å². The van der Waals surface area contributed by atoms with E-state index in [0.717, 1.165) is 33.4 Å². The molecular weight excluding hydrogens is 655 g/mol. The Morgan fingerprint density at radius 3 is 1.39 bits per heavy atom. The lowest BCUT2D eigenvalue weighted by Gasteiger charge is -2.36. The quantitative estimate of drug-likeness (QED) is 0.174. The molecule has 0 radical (unpaired) electrons. The third-order valence-corrected chi connectivity index (χ3v) is 11.6. The van der Waals surface area contributed by atoms with E-state index in [0.29, 0.717) is 17.5 Å². The van der Waals surface area contributed by atoms with Crippen molar-refractivity contribution in [2.75, 3.05) is 0 Å². The van der Waals surface area contributed by atoms with Gasteiger partial charge in [0.1, 0.15) is 0 Å². The van der Waals surface area contributed by atoms with Crippen molar-refractivity contribution < 1.29 is 0 Å². The van der Waals surface area contributed by atoms with Crippen LogP contribution in [0.1, 0.15) is 43.2 Å². The Morgan fingerprint density at radius 1 is 0.296 bits per heavy atom. The van der Waals surface area contributed by atoms with Crippen molar-refractivity contribution >= 4 is 0 Å². The summed E-state index contributed by atoms with van der Waals surface area (Å²) in [7, 11) is 0. The standard InChI is InChI=1S/C51H39N3/c1-4-13-35(14-5-1)36-25-27-40(28-26-36)49-52-48(39-15-6-2-7-16-39)53-50(54-49)43-18-12-17-41(33-43)37-21-23-38(24-22-37)42-29-30-47-45(34-42)44-19-8-9-20-46(44)51(47)31-10-3-11-32-51/h1-2,4-9,12-30,33-34H,3,10-11,31-32H2. The Kier molecular flexibility index (Phi) is 8.06. The van der Waals surface area contributed by atoms with Crippen LogP contribution in [-0.2, 0) is 5.41 Å². The summed E-state index contributed by atoms with van der Waals surface area (Å²) in [4.78, 5) is 15.0. The molecule has 1 aromatic heterocycles. The van der Waals surface area contributed by atoms with E-state index < -0.39 is 0 Å². The van der Waals surface area contributed by atoms with Crippen LogP contribution in [0.25, 0.3) is 78.7 Å². The molecule has 2 aliphatic carbocycles. The Labute approximate surface area is 317 Å². The van der Waals surface area contributed by atoms with Crippen molar-refractivity contribution in [1.29, 1.82) is 0 Å². The fraction of sp³-hybridized carbons (Fsp3) is 0.118. The van der Waals surface area contributed by atoms with E-state index in [2.05, 4.69) is 140 Å². The smallest absolute Gasteiger partial charge is 0.164 e. The summed E-state index contributed by atoms with van der Waals surface area (Å²) in [5.41, 5.74) is 16.1. The maximum Gasteiger partial charge on any atom is 0.164 e. The second-order valence-electron chi connectivity index (χ2n) is 14.7. The van der Waals surface area contributed by atoms with Gasteiger partial charge in [0, 0.05) is 22.1 Å². The van der Waals surface area contributed by atoms with Gasteiger partial charge in [0.15, 0.2) is 17.5 Å². The van der Waals surface area contributed by atoms with Crippen LogP contribution < -0.4 is 0 Å². The van der Waals surface area contributed by atoms with Crippen LogP contribution in [0.5, 0.6) is 0 Å². The first kappa shape index (κ1) is 32.2. The van der Waals surface area contributed by atoms with Crippen LogP contribution in [0, 0.1) is 0 Å². The molecule has 3 heteroatoms. The summed E-state index contributed by atoms with van der Waals surface area (Å²) in [6, 6.07) is 62.9. The summed E-state index contributed by atoms with van der Waals surface area (Å²) in [5.74, 6) is 1.96. The van der Waals surface area contributed by atoms with Gasteiger partial charge in [-0.05, 0) is 80.6 Å². The average molecular weight is 694 g/mol. The summed E-state index contributed by atoms with van der Waals surface area (Å²) in [6.45, 7) is 0. The molecule has 0 amide bonds. The topological polar surface area (TPSA) is 38.7 Å². The molecule has 2 aliphatic rings. The zero-order valence-corrected chi connectivity index (χ0v) is 30.1. The number of hydrogen-bond donors (Lipinski definition) is 0. The van der Waals surface area contributed by atoms with Gasteiger partial charge < -0.3 is 0 Å². The maximum absolute atomic E-state index is 5.04. The van der Waals surface area contributed by atoms with Gasteiger partial charge in [0.25, 0.3) is 0 Å². The van der Waals surface area contributed by atoms with Crippen LogP contribution >= 0.6 is 0 Å². The van der Waals surface area contributed by atoms with Crippen LogP contribution in [0.15, 0.2) is 176 Å². The molecule has 54 heavy (non-hydrogen) atoms. The second-order valence-corrected chi connectivity index (χ2v) is 14.7. The first-order valence-corrected chi connectivity index (χ1v) is 19.1. The third-order valence-electron chi connectivity index (χ3n) is 11.6. The SMILES string of the molecule is c1ccc(-c2ccc(-c3nc(-c4ccccc4)nc(-c4cccc(-c5ccc(-c6ccc7c(c6)-c6ccccc6C76CCCCC6)cc5)c4)n3)cc2)cc1. The highest BCUT2D eigenvalue weighted by molar-refractivity contribution is 5.85. The molecule has 1 spiro atoms. The zero-order chi connectivity index (χ0) is 35.9. The van der Waals surface area contributed by atoms with Gasteiger partial charge in [0.05, 0.1) is 0 Å². The molecule has 0 N–H and O–H groups in total. The first-order valence-electron chi connectivity index (χ1n) is 19.1. The predicted octanol–water partition coefficient (Wildman–Crippen LogP) is 13.1. The van der Waals surface area contributed by atoms with E-state index in [4.69, 9.17) is 15.0 Å². The number of nitrogens with zero attached hydrogens (tertiary/aromatic N) is 3. The molecule has 8 aromatic rings. The summed E-state index contributed by atoms with van der Waals surface area (Å²) in [6.07, 6.45) is 6.48. The third kappa shape index (κ3) is 5.74. The van der Waals surface area contributed by atoms with Crippen molar-refractivity contribution in [2.45, 2.75) is 37.5 Å². The molecule has 258 valence electrons. The number of rotatable bonds is 6. The minimum Gasteiger partial charge on any atom is -0.208 e. The Bertz CT molecular complexity index is 2600. The van der Waals surface area contributed by atoms with Crippen molar-refractivity contribution in [2.24, 2.45) is 0 Å². The number of benzene rings is 7. The van der Waals surface area contributed by atoms with E-state index >= 15 is 0 Å². The molecule has 0 atom stereocenters. The Hall–Kier alpha value is -6.45. The van der Waals surface area contributed by atoms with E-state index in [1.807, 2.05) is 36.4 Å². The van der Waals surface area contributed by atoms with Crippen LogP contribution in [-0.4, -0.2) is 15.0 Å². The molecule has 1 fully saturated rings. The predicted molar refractivity (Wildman–Crippen MR) is 222 cm³/mol. The van der Waals surface area contributed by atoms with Gasteiger partial charge in [-0.2, -0.15) is 0 Å². The van der Waals surface area contributed by atoms with E-state index in [9.17, 15) is 0 Å². The minimum atomic E-state index is 0.186. The van der Waals surface area contributed by atoms with E-state index in [1.165, 1.54) is 71.0 Å². The number of hydrogen-bond acceptors (Lipinski definition) is 3. The van der Waals surface area contributed by atoms with Gasteiger partial charge in [0.2, 0.25) is 0 Å². The van der Waals surface area contributed by atoms with Gasteiger partial charge in [-0.1, -0.05) is 183 Å². The van der Waals surface area contributed by atoms with E-state index in [-0.39, 0.29) is 5.41 Å². The van der Waals surface area contributed by atoms with Gasteiger partial charge in [-0.15, -0.1) is 0 Å². The molecule has 7 aromatic carbocycles. The van der Waals surface area contributed by atoms with Crippen molar-refractivity contribution in [3.05, 3.63) is 187 Å². The molecule has 0 saturated heterocycles. The maximum atomic E-state index is 5.04. The Balaban J connectivity index is 0.975. The molecule has 0 bridgehead atoms.